The number of carbonyl (C=O) groups is 18. The van der Waals surface area contributed by atoms with Crippen LogP contribution >= 0.6 is 0 Å². The molecule has 2 aliphatic carbocycles. The van der Waals surface area contributed by atoms with Crippen LogP contribution < -0.4 is 0 Å². The lowest BCUT2D eigenvalue weighted by atomic mass is 9.73. The van der Waals surface area contributed by atoms with Gasteiger partial charge >= 0.3 is 61.8 Å². The van der Waals surface area contributed by atoms with E-state index in [1.165, 1.54) is 34.6 Å². The number of carbonyl (C=O) groups excluding carboxylic acids is 18. The Morgan fingerprint density at radius 2 is 0.493 bits per heavy atom. The number of ketones is 18. The van der Waals surface area contributed by atoms with Gasteiger partial charge in [0.1, 0.15) is 80.9 Å². The van der Waals surface area contributed by atoms with Crippen molar-refractivity contribution in [3.8, 4) is 0 Å². The van der Waals surface area contributed by atoms with Crippen molar-refractivity contribution in [1.82, 2.24) is 0 Å². The number of hydrogen-bond acceptors (Lipinski definition) is 18. The van der Waals surface area contributed by atoms with Crippen LogP contribution in [0.1, 0.15) is 330 Å². The van der Waals surface area contributed by atoms with Crippen molar-refractivity contribution in [2.24, 2.45) is 64.1 Å². The zero-order valence-corrected chi connectivity index (χ0v) is 81.6. The molecule has 0 radical (unpaired) electrons. The molecule has 0 heterocycles. The highest BCUT2D eigenvalue weighted by atomic mass is 19.4. The first-order valence-corrected chi connectivity index (χ1v) is 44.6. The molecule has 0 amide bonds. The van der Waals surface area contributed by atoms with Gasteiger partial charge in [-0.2, -0.15) is 132 Å². The summed E-state index contributed by atoms with van der Waals surface area (Å²) in [5.41, 5.74) is -1.84. The fourth-order valence-electron chi connectivity index (χ4n) is 12.4. The van der Waals surface area contributed by atoms with Crippen LogP contribution in [0, 0.1) is 64.1 Å². The third-order valence-electron chi connectivity index (χ3n) is 22.3. The largest absolute Gasteiger partial charge is 0.450 e. The van der Waals surface area contributed by atoms with Crippen LogP contribution in [-0.2, 0) is 86.3 Å². The first-order chi connectivity index (χ1) is 63.4. The summed E-state index contributed by atoms with van der Waals surface area (Å²) in [4.78, 5) is 198. The molecule has 0 spiro atoms. The van der Waals surface area contributed by atoms with Crippen LogP contribution in [0.3, 0.4) is 0 Å². The normalized spacial score (nSPS) is 16.1. The van der Waals surface area contributed by atoms with Gasteiger partial charge in [0.2, 0.25) is 34.8 Å². The summed E-state index contributed by atoms with van der Waals surface area (Å²) in [7, 11) is 0. The molecule has 3 atom stereocenters. The Kier molecular flexibility index (Phi) is 66.8. The molecule has 2 rings (SSSR count). The van der Waals surface area contributed by atoms with Gasteiger partial charge in [0.25, 0.3) is 0 Å². The quantitative estimate of drug-likeness (QED) is 0.0404. The van der Waals surface area contributed by atoms with Crippen molar-refractivity contribution >= 4 is 104 Å². The lowest BCUT2D eigenvalue weighted by Crippen LogP contribution is -2.34. The summed E-state index contributed by atoms with van der Waals surface area (Å²) in [5.74, 6) is -29.6. The van der Waals surface area contributed by atoms with Crippen LogP contribution in [-0.4, -0.2) is 177 Å². The standard InChI is InChI=1S/C16H23F3O2.C15H28O2.C13H15F9O2.C13H18F6O2.C9H13F3O2.C8H11F3O2.C7H9F3O2.2C5H5F3O2/c1-15(17)6-2-11(3-7-15)13(20)10-14(21)12-4-8-16(18,19)9-5-12;1-7-14(5,8-2)12(16)11-13(17)15(6,9-3)10-4;1-2-7(4-11(14,15)16)9(23)3-10(24)8(5-12(17,18)19)6-13(20,21)22;1-3-8(6-12(14,15)16)10(20)5-11(21)9(4-2)7-13(17,18)19;1-3-6(4-2)7(13)5-8(14)9(10,11)12;1-5(2)3-6(12)4-7(13)8(9,10)11;1-4(2)5(11)3-6(12)7(8,9)10;2*1-3(9)2-4(10)5(6,7)8/h11-12H,2-10H2,1H3;7-11H2,1-6H3;7-8H,2-6H2,1H3;8-9H,3-7H2,1-2H3;6H,3-5H2,1-2H3;5H,3-4H2,1-2H3;4H,3H2,1-2H3;2*2H2,1H3. The topological polar surface area (TPSA) is 307 Å². The molecule has 18 nitrogen and oxygen atoms in total. The third kappa shape index (κ3) is 72.1. The molecule has 0 saturated heterocycles. The second-order valence-electron chi connectivity index (χ2n) is 35.4. The highest BCUT2D eigenvalue weighted by Crippen LogP contribution is 2.42. The highest BCUT2D eigenvalue weighted by Gasteiger charge is 2.48. The van der Waals surface area contributed by atoms with Crippen molar-refractivity contribution in [2.45, 2.75) is 403 Å². The van der Waals surface area contributed by atoms with Crippen molar-refractivity contribution in [3.05, 3.63) is 0 Å². The molecule has 0 bridgehead atoms. The molecule has 0 aromatic rings. The van der Waals surface area contributed by atoms with Crippen molar-refractivity contribution in [1.29, 1.82) is 0 Å². The average molecular weight is 2140 g/mol. The van der Waals surface area contributed by atoms with Crippen LogP contribution in [0.4, 0.5) is 145 Å². The molecular weight excluding hydrogens is 2010 g/mol. The smallest absolute Gasteiger partial charge is 0.300 e. The minimum Gasteiger partial charge on any atom is -0.300 e. The Morgan fingerprint density at radius 1 is 0.275 bits per heavy atom. The van der Waals surface area contributed by atoms with Gasteiger partial charge in [-0.3, -0.25) is 86.3 Å². The molecule has 3 unspecified atom stereocenters. The van der Waals surface area contributed by atoms with Gasteiger partial charge in [-0.1, -0.05) is 104 Å². The Hall–Kier alpha value is -8.25. The van der Waals surface area contributed by atoms with E-state index in [1.54, 1.807) is 34.6 Å². The van der Waals surface area contributed by atoms with Gasteiger partial charge in [-0.05, 0) is 123 Å². The van der Waals surface area contributed by atoms with Crippen molar-refractivity contribution < 1.29 is 231 Å². The van der Waals surface area contributed by atoms with E-state index < -0.39 is 273 Å². The molecule has 0 aromatic heterocycles. The van der Waals surface area contributed by atoms with Gasteiger partial charge in [0.05, 0.1) is 89.9 Å². The molecule has 2 aliphatic rings. The lowest BCUT2D eigenvalue weighted by molar-refractivity contribution is -0.178. The molecule has 2 saturated carbocycles. The second kappa shape index (κ2) is 64.7. The first kappa shape index (κ1) is 147. The molecular formula is C91H127F33O18. The Labute approximate surface area is 800 Å². The summed E-state index contributed by atoms with van der Waals surface area (Å²) in [6, 6.07) is 0. The minimum atomic E-state index is -5.08. The first-order valence-electron chi connectivity index (χ1n) is 44.6. The average Bonchev–Trinajstić information content (AvgIpc) is 0.838. The van der Waals surface area contributed by atoms with E-state index >= 15 is 0 Å². The van der Waals surface area contributed by atoms with Crippen LogP contribution in [0.2, 0.25) is 0 Å². The number of alkyl halides is 33. The van der Waals surface area contributed by atoms with E-state index in [-0.39, 0.29) is 110 Å². The van der Waals surface area contributed by atoms with E-state index in [1.807, 2.05) is 41.5 Å². The maximum atomic E-state index is 13.7. The van der Waals surface area contributed by atoms with Gasteiger partial charge in [-0.15, -0.1) is 0 Å². The fourth-order valence-corrected chi connectivity index (χ4v) is 12.4. The molecule has 830 valence electrons. The summed E-state index contributed by atoms with van der Waals surface area (Å²) < 4.78 is 397. The second-order valence-corrected chi connectivity index (χ2v) is 35.4. The van der Waals surface area contributed by atoms with Crippen LogP contribution in [0.5, 0.6) is 0 Å². The van der Waals surface area contributed by atoms with Crippen LogP contribution in [0.15, 0.2) is 0 Å². The van der Waals surface area contributed by atoms with Gasteiger partial charge < -0.3 is 0 Å². The third-order valence-corrected chi connectivity index (χ3v) is 22.3. The maximum Gasteiger partial charge on any atom is 0.450 e. The molecule has 2 fully saturated rings. The summed E-state index contributed by atoms with van der Waals surface area (Å²) >= 11 is 0. The Morgan fingerprint density at radius 3 is 0.704 bits per heavy atom. The molecule has 51 heteroatoms. The predicted molar refractivity (Wildman–Crippen MR) is 446 cm³/mol. The molecule has 0 N–H and O–H groups in total. The minimum absolute atomic E-state index is 0.0157. The van der Waals surface area contributed by atoms with E-state index in [0.717, 1.165) is 39.5 Å². The van der Waals surface area contributed by atoms with Crippen molar-refractivity contribution in [2.75, 3.05) is 0 Å². The number of Topliss-reactive ketones (excluding diaryl/α,β-unsaturated/α-hetero) is 18. The van der Waals surface area contributed by atoms with Crippen LogP contribution in [0.25, 0.3) is 0 Å². The van der Waals surface area contributed by atoms with Crippen molar-refractivity contribution in [3.63, 3.8) is 0 Å². The monoisotopic (exact) mass is 2130 g/mol. The fraction of sp³-hybridized carbons (Fsp3) is 0.802. The van der Waals surface area contributed by atoms with E-state index in [4.69, 9.17) is 0 Å². The highest BCUT2D eigenvalue weighted by molar-refractivity contribution is 6.06. The molecule has 0 aromatic carbocycles. The van der Waals surface area contributed by atoms with Gasteiger partial charge in [0, 0.05) is 77.4 Å². The zero-order chi connectivity index (χ0) is 114. The van der Waals surface area contributed by atoms with Gasteiger partial charge in [0.15, 0.2) is 0 Å². The lowest BCUT2D eigenvalue weighted by Gasteiger charge is -2.31. The summed E-state index contributed by atoms with van der Waals surface area (Å²) in [6.45, 7) is 29.1. The molecule has 0 aliphatic heterocycles. The summed E-state index contributed by atoms with van der Waals surface area (Å²) in [5, 5.41) is 0. The molecule has 142 heavy (non-hydrogen) atoms. The van der Waals surface area contributed by atoms with Gasteiger partial charge in [-0.25, -0.2) is 13.2 Å². The Balaban J connectivity index is -0.000000293. The predicted octanol–water partition coefficient (Wildman–Crippen LogP) is 26.5. The van der Waals surface area contributed by atoms with E-state index in [0.29, 0.717) is 38.5 Å². The zero-order valence-electron chi connectivity index (χ0n) is 81.6. The number of hydrogen-bond donors (Lipinski definition) is 0. The SMILES string of the molecule is CC(=O)CC(=O)C(F)(F)F.CC(=O)CC(=O)C(F)(F)F.CC(C)C(=O)CC(=O)C(F)(F)F.CC(C)CC(=O)CC(=O)C(F)(F)F.CC1(F)CCC(C(=O)CC(=O)C2CCC(F)(F)CC2)CC1.CCC(C)(CC)C(=O)CC(=O)C(C)(CC)CC.CCC(CC(F)(F)F)C(=O)CC(=O)C(CC(F)(F)F)CC(F)(F)F.CCC(CC(F)(F)F)C(=O)CC(=O)C(CC)CC(F)(F)F.CCC(CC)C(=O)CC(=O)C(F)(F)F. The number of halogens is 33. The number of rotatable bonds is 44. The maximum absolute atomic E-state index is 13.7. The van der Waals surface area contributed by atoms with E-state index in [2.05, 4.69) is 0 Å². The Bertz CT molecular complexity index is 3810. The summed E-state index contributed by atoms with van der Waals surface area (Å²) in [6.07, 6.45) is -59.2. The van der Waals surface area contributed by atoms with E-state index in [9.17, 15) is 231 Å².